The minimum absolute atomic E-state index is 0.0206. The number of hydrogen-bond acceptors (Lipinski definition) is 4. The lowest BCUT2D eigenvalue weighted by molar-refractivity contribution is 0.0927. The Morgan fingerprint density at radius 3 is 2.44 bits per heavy atom. The third-order valence-electron chi connectivity index (χ3n) is 5.09. The Kier molecular flexibility index (Phi) is 4.73. The number of rotatable bonds is 6. The highest BCUT2D eigenvalue weighted by Gasteiger charge is 2.32. The van der Waals surface area contributed by atoms with Crippen molar-refractivity contribution in [2.24, 2.45) is 11.7 Å². The maximum Gasteiger partial charge on any atom is 0.274 e. The summed E-state index contributed by atoms with van der Waals surface area (Å²) in [5.41, 5.74) is 10.0. The van der Waals surface area contributed by atoms with Gasteiger partial charge >= 0.3 is 0 Å². The summed E-state index contributed by atoms with van der Waals surface area (Å²) in [6.07, 6.45) is 2.25. The van der Waals surface area contributed by atoms with Gasteiger partial charge in [-0.05, 0) is 48.9 Å². The fraction of sp³-hybridized carbons (Fsp3) is 0.286. The first-order valence-corrected chi connectivity index (χ1v) is 9.26. The van der Waals surface area contributed by atoms with Crippen LogP contribution in [0.1, 0.15) is 29.0 Å². The molecule has 1 saturated carbocycles. The molecule has 0 bridgehead atoms. The molecule has 1 aromatic heterocycles. The molecule has 1 atom stereocenters. The number of benzene rings is 2. The van der Waals surface area contributed by atoms with Crippen LogP contribution in [-0.2, 0) is 0 Å². The highest BCUT2D eigenvalue weighted by molar-refractivity contribution is 5.93. The van der Waals surface area contributed by atoms with Crippen molar-refractivity contribution in [3.63, 3.8) is 0 Å². The highest BCUT2D eigenvalue weighted by Crippen LogP contribution is 2.32. The molecule has 1 amide bonds. The minimum Gasteiger partial charge on any atom is -0.346 e. The van der Waals surface area contributed by atoms with Crippen LogP contribution in [0.25, 0.3) is 16.8 Å². The van der Waals surface area contributed by atoms with Crippen molar-refractivity contribution in [1.29, 1.82) is 0 Å². The molecule has 1 aliphatic rings. The summed E-state index contributed by atoms with van der Waals surface area (Å²) < 4.78 is 1.69. The molecule has 0 spiro atoms. The Bertz CT molecular complexity index is 929. The quantitative estimate of drug-likeness (QED) is 0.707. The topological polar surface area (TPSA) is 85.8 Å². The lowest BCUT2D eigenvalue weighted by Gasteiger charge is -2.15. The zero-order valence-corrected chi connectivity index (χ0v) is 15.3. The first kappa shape index (κ1) is 17.4. The van der Waals surface area contributed by atoms with Gasteiger partial charge in [-0.25, -0.2) is 4.68 Å². The number of carbonyl (C=O) groups is 1. The number of amides is 1. The highest BCUT2D eigenvalue weighted by atomic mass is 16.2. The Balaban J connectivity index is 1.54. The average molecular weight is 361 g/mol. The van der Waals surface area contributed by atoms with Gasteiger partial charge in [0.15, 0.2) is 5.69 Å². The van der Waals surface area contributed by atoms with Crippen molar-refractivity contribution in [2.45, 2.75) is 25.8 Å². The zero-order chi connectivity index (χ0) is 18.8. The first-order valence-electron chi connectivity index (χ1n) is 9.26. The van der Waals surface area contributed by atoms with E-state index < -0.39 is 0 Å². The standard InChI is InChI=1S/C21H23N5O/c1-14-20(21(27)23-19(13-22)17-7-8-17)24-25-26(14)18-11-9-16(10-12-18)15-5-3-2-4-6-15/h2-6,9-12,17,19H,7-8,13,22H2,1H3,(H,23,27). The third-order valence-corrected chi connectivity index (χ3v) is 5.09. The molecule has 27 heavy (non-hydrogen) atoms. The van der Waals surface area contributed by atoms with E-state index in [1.165, 1.54) is 0 Å². The number of carbonyl (C=O) groups excluding carboxylic acids is 1. The van der Waals surface area contributed by atoms with Gasteiger partial charge in [0, 0.05) is 12.6 Å². The van der Waals surface area contributed by atoms with Crippen LogP contribution in [0.15, 0.2) is 54.6 Å². The van der Waals surface area contributed by atoms with E-state index in [9.17, 15) is 4.79 Å². The van der Waals surface area contributed by atoms with E-state index in [4.69, 9.17) is 5.73 Å². The van der Waals surface area contributed by atoms with Crippen molar-refractivity contribution in [3.05, 3.63) is 66.0 Å². The van der Waals surface area contributed by atoms with Crippen molar-refractivity contribution in [2.75, 3.05) is 6.54 Å². The zero-order valence-electron chi connectivity index (χ0n) is 15.3. The van der Waals surface area contributed by atoms with E-state index in [1.807, 2.05) is 49.4 Å². The molecule has 0 radical (unpaired) electrons. The molecule has 0 aliphatic heterocycles. The van der Waals surface area contributed by atoms with Crippen molar-refractivity contribution in [3.8, 4) is 16.8 Å². The molecule has 3 N–H and O–H groups in total. The minimum atomic E-state index is -0.206. The third kappa shape index (κ3) is 3.61. The van der Waals surface area contributed by atoms with E-state index in [2.05, 4.69) is 27.8 Å². The largest absolute Gasteiger partial charge is 0.346 e. The molecule has 1 aliphatic carbocycles. The fourth-order valence-corrected chi connectivity index (χ4v) is 3.31. The molecule has 138 valence electrons. The fourth-order valence-electron chi connectivity index (χ4n) is 3.31. The molecule has 4 rings (SSSR count). The predicted octanol–water partition coefficient (Wildman–Crippen LogP) is 2.71. The lowest BCUT2D eigenvalue weighted by Crippen LogP contribution is -2.42. The summed E-state index contributed by atoms with van der Waals surface area (Å²) in [4.78, 5) is 12.6. The maximum absolute atomic E-state index is 12.6. The van der Waals surface area contributed by atoms with Gasteiger partial charge in [-0.2, -0.15) is 0 Å². The van der Waals surface area contributed by atoms with Gasteiger partial charge in [-0.15, -0.1) is 5.10 Å². The summed E-state index contributed by atoms with van der Waals surface area (Å²) in [5.74, 6) is 0.293. The molecule has 2 aromatic carbocycles. The Morgan fingerprint density at radius 1 is 1.15 bits per heavy atom. The van der Waals surface area contributed by atoms with E-state index in [0.29, 0.717) is 23.9 Å². The van der Waals surface area contributed by atoms with Gasteiger partial charge in [0.1, 0.15) is 0 Å². The van der Waals surface area contributed by atoms with E-state index in [1.54, 1.807) is 4.68 Å². The molecule has 6 heteroatoms. The summed E-state index contributed by atoms with van der Waals surface area (Å²) >= 11 is 0. The van der Waals surface area contributed by atoms with Crippen LogP contribution < -0.4 is 11.1 Å². The van der Waals surface area contributed by atoms with Gasteiger partial charge in [0.25, 0.3) is 5.91 Å². The molecular weight excluding hydrogens is 338 g/mol. The maximum atomic E-state index is 12.6. The van der Waals surface area contributed by atoms with Crippen LogP contribution in [0.4, 0.5) is 0 Å². The summed E-state index contributed by atoms with van der Waals surface area (Å²) in [5, 5.41) is 11.3. The summed E-state index contributed by atoms with van der Waals surface area (Å²) in [6, 6.07) is 18.3. The monoisotopic (exact) mass is 361 g/mol. The van der Waals surface area contributed by atoms with Crippen LogP contribution in [0.5, 0.6) is 0 Å². The number of nitrogens with one attached hydrogen (secondary N) is 1. The van der Waals surface area contributed by atoms with Gasteiger partial charge in [-0.3, -0.25) is 4.79 Å². The molecule has 3 aromatic rings. The van der Waals surface area contributed by atoms with Crippen LogP contribution >= 0.6 is 0 Å². The normalized spacial score (nSPS) is 14.7. The molecular formula is C21H23N5O. The molecule has 1 heterocycles. The second-order valence-electron chi connectivity index (χ2n) is 7.00. The number of nitrogens with two attached hydrogens (primary N) is 1. The average Bonchev–Trinajstić information content (AvgIpc) is 3.48. The van der Waals surface area contributed by atoms with E-state index in [-0.39, 0.29) is 11.9 Å². The lowest BCUT2D eigenvalue weighted by atomic mass is 10.1. The number of hydrogen-bond donors (Lipinski definition) is 2. The SMILES string of the molecule is Cc1c(C(=O)NC(CN)C2CC2)nnn1-c1ccc(-c2ccccc2)cc1. The Labute approximate surface area is 158 Å². The summed E-state index contributed by atoms with van der Waals surface area (Å²) in [6.45, 7) is 2.30. The van der Waals surface area contributed by atoms with E-state index >= 15 is 0 Å². The Hall–Kier alpha value is -2.99. The van der Waals surface area contributed by atoms with Crippen LogP contribution in [0, 0.1) is 12.8 Å². The van der Waals surface area contributed by atoms with Crippen LogP contribution in [0.3, 0.4) is 0 Å². The summed E-state index contributed by atoms with van der Waals surface area (Å²) in [7, 11) is 0. The van der Waals surface area contributed by atoms with Crippen LogP contribution in [0.2, 0.25) is 0 Å². The second-order valence-corrected chi connectivity index (χ2v) is 7.00. The van der Waals surface area contributed by atoms with Gasteiger partial charge in [-0.1, -0.05) is 47.7 Å². The van der Waals surface area contributed by atoms with Crippen molar-refractivity contribution >= 4 is 5.91 Å². The predicted molar refractivity (Wildman–Crippen MR) is 105 cm³/mol. The second kappa shape index (κ2) is 7.32. The molecule has 0 saturated heterocycles. The van der Waals surface area contributed by atoms with E-state index in [0.717, 1.165) is 29.7 Å². The van der Waals surface area contributed by atoms with Gasteiger partial charge < -0.3 is 11.1 Å². The smallest absolute Gasteiger partial charge is 0.274 e. The number of nitrogens with zero attached hydrogens (tertiary/aromatic N) is 3. The van der Waals surface area contributed by atoms with Gasteiger partial charge in [0.05, 0.1) is 11.4 Å². The van der Waals surface area contributed by atoms with Crippen molar-refractivity contribution < 1.29 is 4.79 Å². The molecule has 6 nitrogen and oxygen atoms in total. The number of aromatic nitrogens is 3. The molecule has 1 unspecified atom stereocenters. The first-order chi connectivity index (χ1) is 13.2. The molecule has 1 fully saturated rings. The van der Waals surface area contributed by atoms with Crippen molar-refractivity contribution in [1.82, 2.24) is 20.3 Å². The van der Waals surface area contributed by atoms with Gasteiger partial charge in [0.2, 0.25) is 0 Å². The van der Waals surface area contributed by atoms with Crippen LogP contribution in [-0.4, -0.2) is 33.5 Å². The Morgan fingerprint density at radius 2 is 1.81 bits per heavy atom.